The first-order valence-corrected chi connectivity index (χ1v) is 6.01. The molecule has 0 radical (unpaired) electrons. The summed E-state index contributed by atoms with van der Waals surface area (Å²) in [5, 5.41) is 3.99. The zero-order valence-corrected chi connectivity index (χ0v) is 10.0. The number of aromatic nitrogens is 2. The minimum atomic E-state index is 0.358. The molecule has 0 unspecified atom stereocenters. The molecule has 1 aromatic rings. The third-order valence-electron chi connectivity index (χ3n) is 3.37. The van der Waals surface area contributed by atoms with E-state index in [1.807, 2.05) is 11.9 Å². The Kier molecular flexibility index (Phi) is 3.43. The lowest BCUT2D eigenvalue weighted by Crippen LogP contribution is -2.25. The van der Waals surface area contributed by atoms with Crippen LogP contribution in [-0.4, -0.2) is 29.8 Å². The molecule has 1 aliphatic rings. The highest BCUT2D eigenvalue weighted by Gasteiger charge is 2.25. The Balaban J connectivity index is 2.01. The SMILES string of the molecule is CCN(C)c1noc(C2CCC(N)CC2)n1. The van der Waals surface area contributed by atoms with Crippen LogP contribution in [-0.2, 0) is 0 Å². The van der Waals surface area contributed by atoms with Crippen LogP contribution in [0.5, 0.6) is 0 Å². The molecule has 1 saturated carbocycles. The van der Waals surface area contributed by atoms with Crippen LogP contribution >= 0.6 is 0 Å². The molecular weight excluding hydrogens is 204 g/mol. The van der Waals surface area contributed by atoms with Crippen LogP contribution in [0.25, 0.3) is 0 Å². The number of anilines is 1. The molecule has 2 N–H and O–H groups in total. The van der Waals surface area contributed by atoms with Crippen molar-refractivity contribution in [1.82, 2.24) is 10.1 Å². The summed E-state index contributed by atoms with van der Waals surface area (Å²) in [7, 11) is 1.96. The van der Waals surface area contributed by atoms with Gasteiger partial charge in [-0.15, -0.1) is 0 Å². The van der Waals surface area contributed by atoms with Gasteiger partial charge < -0.3 is 15.2 Å². The van der Waals surface area contributed by atoms with Crippen LogP contribution in [0.2, 0.25) is 0 Å². The molecule has 5 nitrogen and oxygen atoms in total. The molecule has 90 valence electrons. The lowest BCUT2D eigenvalue weighted by atomic mass is 9.86. The minimum absolute atomic E-state index is 0.358. The molecule has 0 amide bonds. The van der Waals surface area contributed by atoms with Crippen molar-refractivity contribution < 1.29 is 4.52 Å². The predicted octanol–water partition coefficient (Wildman–Crippen LogP) is 1.51. The van der Waals surface area contributed by atoms with Gasteiger partial charge in [-0.05, 0) is 37.8 Å². The third kappa shape index (κ3) is 2.35. The molecule has 16 heavy (non-hydrogen) atoms. The van der Waals surface area contributed by atoms with E-state index in [2.05, 4.69) is 17.1 Å². The first-order valence-electron chi connectivity index (χ1n) is 6.01. The van der Waals surface area contributed by atoms with Gasteiger partial charge in [0, 0.05) is 25.6 Å². The highest BCUT2D eigenvalue weighted by molar-refractivity contribution is 5.25. The van der Waals surface area contributed by atoms with Crippen molar-refractivity contribution in [2.24, 2.45) is 5.73 Å². The van der Waals surface area contributed by atoms with E-state index < -0.39 is 0 Å². The average Bonchev–Trinajstić information content (AvgIpc) is 2.78. The zero-order chi connectivity index (χ0) is 11.5. The zero-order valence-electron chi connectivity index (χ0n) is 10.0. The number of rotatable bonds is 3. The molecule has 1 fully saturated rings. The van der Waals surface area contributed by atoms with Crippen molar-refractivity contribution in [2.75, 3.05) is 18.5 Å². The van der Waals surface area contributed by atoms with E-state index in [0.717, 1.165) is 38.1 Å². The number of hydrogen-bond donors (Lipinski definition) is 1. The van der Waals surface area contributed by atoms with E-state index in [1.165, 1.54) is 0 Å². The molecule has 1 heterocycles. The number of nitrogens with zero attached hydrogens (tertiary/aromatic N) is 3. The first kappa shape index (κ1) is 11.4. The Morgan fingerprint density at radius 1 is 1.38 bits per heavy atom. The summed E-state index contributed by atoms with van der Waals surface area (Å²) in [6, 6.07) is 0.358. The largest absolute Gasteiger partial charge is 0.342 e. The smallest absolute Gasteiger partial charge is 0.265 e. The molecule has 0 aliphatic heterocycles. The second-order valence-corrected chi connectivity index (χ2v) is 4.56. The second-order valence-electron chi connectivity index (χ2n) is 4.56. The summed E-state index contributed by atoms with van der Waals surface area (Å²) in [5.41, 5.74) is 5.88. The molecule has 0 atom stereocenters. The Morgan fingerprint density at radius 3 is 2.69 bits per heavy atom. The van der Waals surface area contributed by atoms with E-state index in [0.29, 0.717) is 17.9 Å². The highest BCUT2D eigenvalue weighted by atomic mass is 16.5. The fourth-order valence-electron chi connectivity index (χ4n) is 2.06. The minimum Gasteiger partial charge on any atom is -0.342 e. The molecule has 1 aromatic heterocycles. The maximum atomic E-state index is 5.88. The molecule has 0 saturated heterocycles. The normalized spacial score (nSPS) is 25.7. The van der Waals surface area contributed by atoms with Gasteiger partial charge in [-0.2, -0.15) is 4.98 Å². The summed E-state index contributed by atoms with van der Waals surface area (Å²) in [6.07, 6.45) is 4.26. The van der Waals surface area contributed by atoms with Gasteiger partial charge in [0.2, 0.25) is 5.89 Å². The van der Waals surface area contributed by atoms with Gasteiger partial charge in [-0.1, -0.05) is 0 Å². The van der Waals surface area contributed by atoms with Gasteiger partial charge in [0.25, 0.3) is 5.95 Å². The van der Waals surface area contributed by atoms with Crippen molar-refractivity contribution in [1.29, 1.82) is 0 Å². The van der Waals surface area contributed by atoms with Crippen LogP contribution in [0.15, 0.2) is 4.52 Å². The van der Waals surface area contributed by atoms with Crippen LogP contribution in [0.4, 0.5) is 5.95 Å². The topological polar surface area (TPSA) is 68.2 Å². The Bertz CT molecular complexity index is 330. The Morgan fingerprint density at radius 2 is 2.06 bits per heavy atom. The summed E-state index contributed by atoms with van der Waals surface area (Å²) in [5.74, 6) is 1.88. The fourth-order valence-corrected chi connectivity index (χ4v) is 2.06. The van der Waals surface area contributed by atoms with Crippen LogP contribution in [0.3, 0.4) is 0 Å². The van der Waals surface area contributed by atoms with E-state index >= 15 is 0 Å². The fraction of sp³-hybridized carbons (Fsp3) is 0.818. The maximum absolute atomic E-state index is 5.88. The van der Waals surface area contributed by atoms with Gasteiger partial charge in [0.1, 0.15) is 0 Å². The molecule has 1 aliphatic carbocycles. The second kappa shape index (κ2) is 4.82. The van der Waals surface area contributed by atoms with E-state index in [-0.39, 0.29) is 0 Å². The standard InChI is InChI=1S/C11H20N4O/c1-3-15(2)11-13-10(16-14-11)8-4-6-9(12)7-5-8/h8-9H,3-7,12H2,1-2H3. The van der Waals surface area contributed by atoms with Gasteiger partial charge >= 0.3 is 0 Å². The van der Waals surface area contributed by atoms with Crippen molar-refractivity contribution in [3.63, 3.8) is 0 Å². The van der Waals surface area contributed by atoms with Crippen molar-refractivity contribution >= 4 is 5.95 Å². The van der Waals surface area contributed by atoms with Crippen molar-refractivity contribution in [2.45, 2.75) is 44.6 Å². The third-order valence-corrected chi connectivity index (χ3v) is 3.37. The number of nitrogens with two attached hydrogens (primary N) is 1. The van der Waals surface area contributed by atoms with Crippen molar-refractivity contribution in [3.8, 4) is 0 Å². The van der Waals surface area contributed by atoms with Gasteiger partial charge in [0.15, 0.2) is 0 Å². The Hall–Kier alpha value is -1.10. The first-order chi connectivity index (χ1) is 7.70. The van der Waals surface area contributed by atoms with E-state index in [9.17, 15) is 0 Å². The highest BCUT2D eigenvalue weighted by Crippen LogP contribution is 2.31. The lowest BCUT2D eigenvalue weighted by molar-refractivity contribution is 0.301. The van der Waals surface area contributed by atoms with E-state index in [4.69, 9.17) is 10.3 Å². The van der Waals surface area contributed by atoms with Crippen molar-refractivity contribution in [3.05, 3.63) is 5.89 Å². The predicted molar refractivity (Wildman–Crippen MR) is 62.4 cm³/mol. The number of hydrogen-bond acceptors (Lipinski definition) is 5. The molecule has 0 spiro atoms. The van der Waals surface area contributed by atoms with Crippen LogP contribution in [0, 0.1) is 0 Å². The monoisotopic (exact) mass is 224 g/mol. The van der Waals surface area contributed by atoms with Gasteiger partial charge in [-0.3, -0.25) is 0 Å². The molecular formula is C11H20N4O. The summed E-state index contributed by atoms with van der Waals surface area (Å²) in [4.78, 5) is 6.41. The summed E-state index contributed by atoms with van der Waals surface area (Å²) in [6.45, 7) is 2.95. The van der Waals surface area contributed by atoms with E-state index in [1.54, 1.807) is 0 Å². The van der Waals surface area contributed by atoms with Crippen LogP contribution in [0.1, 0.15) is 44.4 Å². The van der Waals surface area contributed by atoms with Gasteiger partial charge in [0.05, 0.1) is 0 Å². The summed E-state index contributed by atoms with van der Waals surface area (Å²) < 4.78 is 5.32. The lowest BCUT2D eigenvalue weighted by Gasteiger charge is -2.22. The molecule has 5 heteroatoms. The maximum Gasteiger partial charge on any atom is 0.265 e. The van der Waals surface area contributed by atoms with Gasteiger partial charge in [-0.25, -0.2) is 0 Å². The molecule has 2 rings (SSSR count). The summed E-state index contributed by atoms with van der Waals surface area (Å²) >= 11 is 0. The molecule has 0 bridgehead atoms. The Labute approximate surface area is 96.0 Å². The van der Waals surface area contributed by atoms with Crippen LogP contribution < -0.4 is 10.6 Å². The quantitative estimate of drug-likeness (QED) is 0.842. The molecule has 0 aromatic carbocycles. The average molecular weight is 224 g/mol.